The molecule has 5 nitrogen and oxygen atoms in total. The highest BCUT2D eigenvalue weighted by atomic mass is 19.1. The van der Waals surface area contributed by atoms with Crippen molar-refractivity contribution in [2.24, 2.45) is 5.92 Å². The van der Waals surface area contributed by atoms with Gasteiger partial charge in [0.15, 0.2) is 6.61 Å². The number of carbonyl (C=O) groups is 2. The van der Waals surface area contributed by atoms with Crippen LogP contribution in [0.5, 0.6) is 5.75 Å². The summed E-state index contributed by atoms with van der Waals surface area (Å²) in [5, 5.41) is 2.82. The zero-order chi connectivity index (χ0) is 24.9. The number of amides is 2. The summed E-state index contributed by atoms with van der Waals surface area (Å²) in [4.78, 5) is 27.4. The molecule has 0 aliphatic carbocycles. The quantitative estimate of drug-likeness (QED) is 0.480. The van der Waals surface area contributed by atoms with Gasteiger partial charge in [0.1, 0.15) is 11.6 Å². The van der Waals surface area contributed by atoms with Crippen molar-refractivity contribution in [2.75, 3.05) is 18.5 Å². The third-order valence-electron chi connectivity index (χ3n) is 6.12. The van der Waals surface area contributed by atoms with Crippen molar-refractivity contribution in [3.63, 3.8) is 0 Å². The molecule has 0 fully saturated rings. The third kappa shape index (κ3) is 6.07. The van der Waals surface area contributed by atoms with E-state index in [0.717, 1.165) is 22.3 Å². The lowest BCUT2D eigenvalue weighted by molar-refractivity contribution is -0.134. The number of halogens is 1. The van der Waals surface area contributed by atoms with E-state index in [9.17, 15) is 14.0 Å². The lowest BCUT2D eigenvalue weighted by atomic mass is 9.87. The minimum atomic E-state index is -0.411. The van der Waals surface area contributed by atoms with Gasteiger partial charge < -0.3 is 15.0 Å². The first kappa shape index (κ1) is 24.5. The molecule has 182 valence electrons. The molecule has 0 saturated carbocycles. The Kier molecular flexibility index (Phi) is 7.49. The average molecular weight is 475 g/mol. The van der Waals surface area contributed by atoms with Crippen molar-refractivity contribution in [1.82, 2.24) is 4.90 Å². The molecule has 0 aromatic heterocycles. The van der Waals surface area contributed by atoms with Crippen LogP contribution in [-0.2, 0) is 16.0 Å². The van der Waals surface area contributed by atoms with Crippen molar-refractivity contribution in [2.45, 2.75) is 39.7 Å². The number of benzene rings is 3. The van der Waals surface area contributed by atoms with Crippen LogP contribution < -0.4 is 10.1 Å². The minimum absolute atomic E-state index is 0.0451. The van der Waals surface area contributed by atoms with E-state index in [-0.39, 0.29) is 30.2 Å². The molecule has 6 heteroatoms. The summed E-state index contributed by atoms with van der Waals surface area (Å²) in [5.74, 6) is 0.192. The zero-order valence-electron chi connectivity index (χ0n) is 20.4. The van der Waals surface area contributed by atoms with Gasteiger partial charge in [-0.15, -0.1) is 0 Å². The van der Waals surface area contributed by atoms with E-state index in [2.05, 4.69) is 5.32 Å². The molecule has 2 amide bonds. The maximum absolute atomic E-state index is 14.2. The Morgan fingerprint density at radius 1 is 1.09 bits per heavy atom. The van der Waals surface area contributed by atoms with Crippen LogP contribution in [0.3, 0.4) is 0 Å². The van der Waals surface area contributed by atoms with E-state index >= 15 is 0 Å². The second-order valence-corrected chi connectivity index (χ2v) is 9.46. The fourth-order valence-electron chi connectivity index (χ4n) is 4.44. The largest absolute Gasteiger partial charge is 0.484 e. The number of carbonyl (C=O) groups excluding carboxylic acids is 2. The lowest BCUT2D eigenvalue weighted by Crippen LogP contribution is -2.41. The van der Waals surface area contributed by atoms with E-state index in [1.54, 1.807) is 6.07 Å². The van der Waals surface area contributed by atoms with Crippen molar-refractivity contribution >= 4 is 17.5 Å². The molecule has 1 heterocycles. The van der Waals surface area contributed by atoms with E-state index in [1.807, 2.05) is 74.2 Å². The van der Waals surface area contributed by atoms with Gasteiger partial charge in [-0.2, -0.15) is 0 Å². The number of rotatable bonds is 7. The zero-order valence-corrected chi connectivity index (χ0v) is 20.4. The van der Waals surface area contributed by atoms with Crippen molar-refractivity contribution in [3.05, 3.63) is 94.8 Å². The van der Waals surface area contributed by atoms with Crippen molar-refractivity contribution < 1.29 is 18.7 Å². The Morgan fingerprint density at radius 3 is 2.57 bits per heavy atom. The van der Waals surface area contributed by atoms with Crippen LogP contribution in [0.4, 0.5) is 10.1 Å². The van der Waals surface area contributed by atoms with E-state index < -0.39 is 6.04 Å². The van der Waals surface area contributed by atoms with Gasteiger partial charge in [0.2, 0.25) is 5.91 Å². The Balaban J connectivity index is 1.57. The number of fused-ring (bicyclic) bond motifs is 1. The van der Waals surface area contributed by atoms with Gasteiger partial charge in [0.05, 0.1) is 6.04 Å². The molecular weight excluding hydrogens is 443 g/mol. The van der Waals surface area contributed by atoms with Crippen LogP contribution in [0.25, 0.3) is 0 Å². The molecule has 0 saturated heterocycles. The minimum Gasteiger partial charge on any atom is -0.484 e. The number of hydrogen-bond donors (Lipinski definition) is 1. The fraction of sp³-hybridized carbons (Fsp3) is 0.310. The maximum Gasteiger partial charge on any atom is 0.262 e. The van der Waals surface area contributed by atoms with Crippen LogP contribution in [0.1, 0.15) is 48.6 Å². The molecule has 4 rings (SSSR count). The summed E-state index contributed by atoms with van der Waals surface area (Å²) < 4.78 is 20.0. The Hall–Kier alpha value is -3.67. The summed E-state index contributed by atoms with van der Waals surface area (Å²) in [6, 6.07) is 19.2. The van der Waals surface area contributed by atoms with E-state index in [1.165, 1.54) is 12.1 Å². The first-order chi connectivity index (χ1) is 16.8. The van der Waals surface area contributed by atoms with Crippen molar-refractivity contribution in [1.29, 1.82) is 0 Å². The molecular formula is C29H31FN2O3. The number of hydrogen-bond acceptors (Lipinski definition) is 3. The van der Waals surface area contributed by atoms with Gasteiger partial charge >= 0.3 is 0 Å². The van der Waals surface area contributed by atoms with Crippen LogP contribution in [-0.4, -0.2) is 29.9 Å². The molecule has 0 unspecified atom stereocenters. The van der Waals surface area contributed by atoms with Crippen LogP contribution >= 0.6 is 0 Å². The number of nitrogens with one attached hydrogen (secondary N) is 1. The highest BCUT2D eigenvalue weighted by molar-refractivity contribution is 5.91. The van der Waals surface area contributed by atoms with Crippen LogP contribution in [0.2, 0.25) is 0 Å². The number of anilines is 1. The summed E-state index contributed by atoms with van der Waals surface area (Å²) in [7, 11) is 0. The predicted molar refractivity (Wildman–Crippen MR) is 135 cm³/mol. The average Bonchev–Trinajstić information content (AvgIpc) is 2.83. The first-order valence-corrected chi connectivity index (χ1v) is 12.0. The first-order valence-electron chi connectivity index (χ1n) is 12.0. The maximum atomic E-state index is 14.2. The summed E-state index contributed by atoms with van der Waals surface area (Å²) in [6.07, 6.45) is 1.13. The second-order valence-electron chi connectivity index (χ2n) is 9.46. The normalized spacial score (nSPS) is 15.0. The summed E-state index contributed by atoms with van der Waals surface area (Å²) in [6.45, 7) is 6.44. The molecule has 35 heavy (non-hydrogen) atoms. The summed E-state index contributed by atoms with van der Waals surface area (Å²) >= 11 is 0. The lowest BCUT2D eigenvalue weighted by Gasteiger charge is -2.38. The number of aryl methyl sites for hydroxylation is 1. The van der Waals surface area contributed by atoms with Gasteiger partial charge in [0, 0.05) is 18.7 Å². The Labute approximate surface area is 205 Å². The molecule has 3 aromatic carbocycles. The SMILES string of the molecule is Cc1ccc(NC(=O)COc2ccc3c(c2)[C@@H](c2cccc(F)c2)N(C(=O)CC(C)C)CC3)cc1. The molecule has 1 atom stereocenters. The number of nitrogens with zero attached hydrogens (tertiary/aromatic N) is 1. The fourth-order valence-corrected chi connectivity index (χ4v) is 4.44. The molecule has 3 aromatic rings. The molecule has 0 radical (unpaired) electrons. The van der Waals surface area contributed by atoms with E-state index in [4.69, 9.17) is 4.74 Å². The Bertz CT molecular complexity index is 1210. The van der Waals surface area contributed by atoms with Gasteiger partial charge in [-0.1, -0.05) is 49.7 Å². The highest BCUT2D eigenvalue weighted by Gasteiger charge is 2.32. The smallest absolute Gasteiger partial charge is 0.262 e. The standard InChI is InChI=1S/C29H31FN2O3/c1-19(2)15-28(34)32-14-13-21-9-12-25(17-26(21)29(32)22-5-4-6-23(30)16-22)35-18-27(33)31-24-10-7-20(3)8-11-24/h4-12,16-17,19,29H,13-15,18H2,1-3H3,(H,31,33)/t29-/m1/s1. The highest BCUT2D eigenvalue weighted by Crippen LogP contribution is 2.38. The Morgan fingerprint density at radius 2 is 1.86 bits per heavy atom. The molecule has 1 N–H and O–H groups in total. The predicted octanol–water partition coefficient (Wildman–Crippen LogP) is 5.67. The van der Waals surface area contributed by atoms with Crippen molar-refractivity contribution in [3.8, 4) is 5.75 Å². The van der Waals surface area contributed by atoms with Crippen LogP contribution in [0, 0.1) is 18.7 Å². The van der Waals surface area contributed by atoms with Gasteiger partial charge in [-0.05, 0) is 72.4 Å². The molecule has 1 aliphatic rings. The van der Waals surface area contributed by atoms with Gasteiger partial charge in [0.25, 0.3) is 5.91 Å². The van der Waals surface area contributed by atoms with Gasteiger partial charge in [-0.25, -0.2) is 4.39 Å². The third-order valence-corrected chi connectivity index (χ3v) is 6.12. The number of ether oxygens (including phenoxy) is 1. The second kappa shape index (κ2) is 10.7. The van der Waals surface area contributed by atoms with E-state index in [0.29, 0.717) is 30.8 Å². The topological polar surface area (TPSA) is 58.6 Å². The van der Waals surface area contributed by atoms with Gasteiger partial charge in [-0.3, -0.25) is 9.59 Å². The monoisotopic (exact) mass is 474 g/mol. The molecule has 0 spiro atoms. The summed E-state index contributed by atoms with van der Waals surface area (Å²) in [5.41, 5.74) is 4.53. The molecule has 0 bridgehead atoms. The molecule has 1 aliphatic heterocycles. The van der Waals surface area contributed by atoms with Crippen LogP contribution in [0.15, 0.2) is 66.7 Å².